The molecule has 0 bridgehead atoms. The summed E-state index contributed by atoms with van der Waals surface area (Å²) >= 11 is 0. The number of hydrogen-bond acceptors (Lipinski definition) is 2. The van der Waals surface area contributed by atoms with Crippen molar-refractivity contribution in [2.75, 3.05) is 6.54 Å². The smallest absolute Gasteiger partial charge is 0.391 e. The summed E-state index contributed by atoms with van der Waals surface area (Å²) in [5.41, 5.74) is 0. The predicted molar refractivity (Wildman–Crippen MR) is 75.2 cm³/mol. The number of carbonyl (C=O) groups is 2. The van der Waals surface area contributed by atoms with Gasteiger partial charge in [-0.1, -0.05) is 0 Å². The summed E-state index contributed by atoms with van der Waals surface area (Å²) in [6.45, 7) is 3.75. The molecule has 22 heavy (non-hydrogen) atoms. The number of amides is 1. The highest BCUT2D eigenvalue weighted by atomic mass is 19.4. The first kappa shape index (κ1) is 18.8. The molecule has 0 saturated heterocycles. The van der Waals surface area contributed by atoms with Crippen molar-refractivity contribution in [1.82, 2.24) is 4.90 Å². The highest BCUT2D eigenvalue weighted by Gasteiger charge is 2.41. The zero-order chi connectivity index (χ0) is 16.9. The second kappa shape index (κ2) is 7.83. The standard InChI is InChI=1S/C15H24F3NO3/c1-10(2)19(8-7-14(21)22)13(20)9-11-3-5-12(6-4-11)15(16,17)18/h10-12H,3-9H2,1-2H3,(H,21,22). The Morgan fingerprint density at radius 2 is 1.73 bits per heavy atom. The first-order valence-corrected chi connectivity index (χ1v) is 7.69. The third-order valence-electron chi connectivity index (χ3n) is 4.28. The zero-order valence-electron chi connectivity index (χ0n) is 13.0. The second-order valence-electron chi connectivity index (χ2n) is 6.29. The molecule has 1 fully saturated rings. The molecule has 0 atom stereocenters. The molecule has 0 aromatic rings. The fourth-order valence-electron chi connectivity index (χ4n) is 2.95. The number of nitrogens with zero attached hydrogens (tertiary/aromatic N) is 1. The van der Waals surface area contributed by atoms with Crippen LogP contribution in [-0.2, 0) is 9.59 Å². The maximum absolute atomic E-state index is 12.6. The van der Waals surface area contributed by atoms with Crippen LogP contribution < -0.4 is 0 Å². The normalized spacial score (nSPS) is 22.6. The average Bonchev–Trinajstić information content (AvgIpc) is 2.37. The van der Waals surface area contributed by atoms with E-state index < -0.39 is 18.1 Å². The van der Waals surface area contributed by atoms with E-state index in [-0.39, 0.29) is 50.1 Å². The molecular weight excluding hydrogens is 299 g/mol. The van der Waals surface area contributed by atoms with Crippen molar-refractivity contribution in [2.24, 2.45) is 11.8 Å². The molecule has 0 aliphatic heterocycles. The van der Waals surface area contributed by atoms with Crippen molar-refractivity contribution < 1.29 is 27.9 Å². The monoisotopic (exact) mass is 323 g/mol. The van der Waals surface area contributed by atoms with Crippen molar-refractivity contribution in [1.29, 1.82) is 0 Å². The number of rotatable bonds is 6. The summed E-state index contributed by atoms with van der Waals surface area (Å²) in [6, 6.07) is -0.113. The molecule has 1 aliphatic rings. The van der Waals surface area contributed by atoms with Gasteiger partial charge in [0, 0.05) is 19.0 Å². The minimum absolute atomic E-state index is 0.0304. The van der Waals surface area contributed by atoms with E-state index in [9.17, 15) is 22.8 Å². The maximum Gasteiger partial charge on any atom is 0.391 e. The molecule has 1 amide bonds. The molecule has 1 aliphatic carbocycles. The summed E-state index contributed by atoms with van der Waals surface area (Å²) in [7, 11) is 0. The lowest BCUT2D eigenvalue weighted by Gasteiger charge is -2.32. The summed E-state index contributed by atoms with van der Waals surface area (Å²) in [5.74, 6) is -2.40. The van der Waals surface area contributed by atoms with Gasteiger partial charge in [-0.15, -0.1) is 0 Å². The average molecular weight is 323 g/mol. The van der Waals surface area contributed by atoms with Crippen molar-refractivity contribution in [3.8, 4) is 0 Å². The third-order valence-corrected chi connectivity index (χ3v) is 4.28. The van der Waals surface area contributed by atoms with Gasteiger partial charge in [0.15, 0.2) is 0 Å². The predicted octanol–water partition coefficient (Wildman–Crippen LogP) is 3.46. The minimum Gasteiger partial charge on any atom is -0.481 e. The van der Waals surface area contributed by atoms with E-state index in [0.717, 1.165) is 0 Å². The highest BCUT2D eigenvalue weighted by molar-refractivity contribution is 5.77. The van der Waals surface area contributed by atoms with E-state index >= 15 is 0 Å². The Morgan fingerprint density at radius 3 is 2.14 bits per heavy atom. The maximum atomic E-state index is 12.6. The van der Waals surface area contributed by atoms with Gasteiger partial charge in [0.25, 0.3) is 0 Å². The van der Waals surface area contributed by atoms with Crippen LogP contribution in [0.2, 0.25) is 0 Å². The first-order chi connectivity index (χ1) is 10.1. The van der Waals surface area contributed by atoms with Crippen LogP contribution in [0.15, 0.2) is 0 Å². The van der Waals surface area contributed by atoms with Crippen LogP contribution in [0, 0.1) is 11.8 Å². The zero-order valence-corrected chi connectivity index (χ0v) is 13.0. The van der Waals surface area contributed by atoms with Gasteiger partial charge in [0.2, 0.25) is 5.91 Å². The lowest BCUT2D eigenvalue weighted by Crippen LogP contribution is -2.40. The second-order valence-corrected chi connectivity index (χ2v) is 6.29. The number of carboxylic acids is 1. The van der Waals surface area contributed by atoms with Crippen molar-refractivity contribution in [3.05, 3.63) is 0 Å². The SMILES string of the molecule is CC(C)N(CCC(=O)O)C(=O)CC1CCC(C(F)(F)F)CC1. The van der Waals surface area contributed by atoms with Gasteiger partial charge in [-0.05, 0) is 45.4 Å². The van der Waals surface area contributed by atoms with E-state index in [1.54, 1.807) is 13.8 Å². The quantitative estimate of drug-likeness (QED) is 0.814. The van der Waals surface area contributed by atoms with Gasteiger partial charge >= 0.3 is 12.1 Å². The lowest BCUT2D eigenvalue weighted by atomic mass is 9.80. The molecule has 0 spiro atoms. The third kappa shape index (κ3) is 5.85. The number of aliphatic carboxylic acids is 1. The first-order valence-electron chi connectivity index (χ1n) is 7.69. The van der Waals surface area contributed by atoms with Gasteiger partial charge < -0.3 is 10.0 Å². The number of alkyl halides is 3. The molecule has 1 rings (SSSR count). The molecule has 128 valence electrons. The molecule has 7 heteroatoms. The molecule has 0 unspecified atom stereocenters. The fraction of sp³-hybridized carbons (Fsp3) is 0.867. The lowest BCUT2D eigenvalue weighted by molar-refractivity contribution is -0.184. The van der Waals surface area contributed by atoms with E-state index in [1.807, 2.05) is 0 Å². The van der Waals surface area contributed by atoms with Crippen LogP contribution in [0.4, 0.5) is 13.2 Å². The van der Waals surface area contributed by atoms with E-state index in [4.69, 9.17) is 5.11 Å². The Labute approximate surface area is 128 Å². The molecular formula is C15H24F3NO3. The van der Waals surface area contributed by atoms with Crippen molar-refractivity contribution >= 4 is 11.9 Å². The molecule has 1 N–H and O–H groups in total. The number of hydrogen-bond donors (Lipinski definition) is 1. The molecule has 0 radical (unpaired) electrons. The largest absolute Gasteiger partial charge is 0.481 e. The van der Waals surface area contributed by atoms with E-state index in [2.05, 4.69) is 0 Å². The Kier molecular flexibility index (Phi) is 6.68. The number of carbonyl (C=O) groups excluding carboxylic acids is 1. The van der Waals surface area contributed by atoms with Gasteiger partial charge in [-0.3, -0.25) is 9.59 Å². The molecule has 0 heterocycles. The minimum atomic E-state index is -4.14. The van der Waals surface area contributed by atoms with Crippen LogP contribution >= 0.6 is 0 Å². The van der Waals surface area contributed by atoms with Gasteiger partial charge in [-0.2, -0.15) is 13.2 Å². The molecule has 0 aromatic carbocycles. The fourth-order valence-corrected chi connectivity index (χ4v) is 2.95. The Balaban J connectivity index is 2.48. The van der Waals surface area contributed by atoms with Crippen molar-refractivity contribution in [2.45, 2.75) is 64.6 Å². The van der Waals surface area contributed by atoms with E-state index in [1.165, 1.54) is 4.90 Å². The number of carboxylic acid groups (broad SMARTS) is 1. The highest BCUT2D eigenvalue weighted by Crippen LogP contribution is 2.40. The van der Waals surface area contributed by atoms with Gasteiger partial charge in [0.05, 0.1) is 12.3 Å². The van der Waals surface area contributed by atoms with Crippen LogP contribution in [-0.4, -0.2) is 40.6 Å². The topological polar surface area (TPSA) is 57.6 Å². The Bertz CT molecular complexity index is 388. The van der Waals surface area contributed by atoms with E-state index in [0.29, 0.717) is 12.8 Å². The molecule has 4 nitrogen and oxygen atoms in total. The van der Waals surface area contributed by atoms with Crippen LogP contribution in [0.5, 0.6) is 0 Å². The van der Waals surface area contributed by atoms with Gasteiger partial charge in [-0.25, -0.2) is 0 Å². The summed E-state index contributed by atoms with van der Waals surface area (Å²) in [5, 5.41) is 8.71. The van der Waals surface area contributed by atoms with Crippen LogP contribution in [0.25, 0.3) is 0 Å². The molecule has 0 aromatic heterocycles. The van der Waals surface area contributed by atoms with Crippen molar-refractivity contribution in [3.63, 3.8) is 0 Å². The Morgan fingerprint density at radius 1 is 1.18 bits per heavy atom. The number of halogens is 3. The summed E-state index contributed by atoms with van der Waals surface area (Å²) in [6.07, 6.45) is -3.08. The van der Waals surface area contributed by atoms with Crippen LogP contribution in [0.1, 0.15) is 52.4 Å². The Hall–Kier alpha value is -1.27. The summed E-state index contributed by atoms with van der Waals surface area (Å²) < 4.78 is 37.8. The van der Waals surface area contributed by atoms with Crippen LogP contribution in [0.3, 0.4) is 0 Å². The molecule has 1 saturated carbocycles. The van der Waals surface area contributed by atoms with Gasteiger partial charge in [0.1, 0.15) is 0 Å². The summed E-state index contributed by atoms with van der Waals surface area (Å²) in [4.78, 5) is 24.4.